The van der Waals surface area contributed by atoms with Crippen molar-refractivity contribution >= 4 is 11.8 Å². The molecule has 0 aliphatic carbocycles. The second-order valence-electron chi connectivity index (χ2n) is 7.98. The normalized spacial score (nSPS) is 11.8. The van der Waals surface area contributed by atoms with Crippen molar-refractivity contribution in [1.82, 2.24) is 10.2 Å². The van der Waals surface area contributed by atoms with Crippen LogP contribution in [0.2, 0.25) is 0 Å². The number of amides is 2. The van der Waals surface area contributed by atoms with Gasteiger partial charge in [0.25, 0.3) is 5.91 Å². The number of ether oxygens (including phenoxy) is 1. The van der Waals surface area contributed by atoms with E-state index in [1.807, 2.05) is 31.2 Å². The average molecular weight is 429 g/mol. The van der Waals surface area contributed by atoms with Crippen LogP contribution < -0.4 is 10.1 Å². The number of unbranched alkanes of at least 4 members (excludes halogenated alkanes) is 1. The summed E-state index contributed by atoms with van der Waals surface area (Å²) in [5.41, 5.74) is 1.93. The molecule has 0 spiro atoms. The molecule has 0 fully saturated rings. The van der Waals surface area contributed by atoms with Crippen molar-refractivity contribution in [3.63, 3.8) is 0 Å². The Morgan fingerprint density at radius 2 is 1.68 bits per heavy atom. The van der Waals surface area contributed by atoms with Crippen LogP contribution in [0, 0.1) is 5.82 Å². The number of hydrogen-bond acceptors (Lipinski definition) is 3. The lowest BCUT2D eigenvalue weighted by Crippen LogP contribution is -2.49. The van der Waals surface area contributed by atoms with Crippen molar-refractivity contribution in [3.8, 4) is 5.75 Å². The summed E-state index contributed by atoms with van der Waals surface area (Å²) in [6.45, 7) is 8.54. The van der Waals surface area contributed by atoms with E-state index in [1.165, 1.54) is 22.6 Å². The third-order valence-electron chi connectivity index (χ3n) is 5.17. The molecule has 2 amide bonds. The number of benzene rings is 2. The van der Waals surface area contributed by atoms with Crippen LogP contribution in [0.25, 0.3) is 0 Å². The maximum absolute atomic E-state index is 13.3. The summed E-state index contributed by atoms with van der Waals surface area (Å²) in [6.07, 6.45) is 1.84. The number of hydrogen-bond donors (Lipinski definition) is 1. The highest BCUT2D eigenvalue weighted by Gasteiger charge is 2.26. The number of rotatable bonds is 11. The Bertz CT molecular complexity index is 835. The van der Waals surface area contributed by atoms with Crippen LogP contribution >= 0.6 is 0 Å². The first-order valence-corrected chi connectivity index (χ1v) is 10.9. The van der Waals surface area contributed by atoms with E-state index in [9.17, 15) is 14.0 Å². The van der Waals surface area contributed by atoms with Crippen LogP contribution in [0.4, 0.5) is 4.39 Å². The van der Waals surface area contributed by atoms with E-state index in [4.69, 9.17) is 4.74 Å². The summed E-state index contributed by atoms with van der Waals surface area (Å²) in [6, 6.07) is 12.9. The molecule has 0 aliphatic heterocycles. The Balaban J connectivity index is 2.08. The topological polar surface area (TPSA) is 58.6 Å². The van der Waals surface area contributed by atoms with Gasteiger partial charge in [0.2, 0.25) is 5.91 Å². The molecule has 0 radical (unpaired) electrons. The van der Waals surface area contributed by atoms with Crippen LogP contribution in [0.3, 0.4) is 0 Å². The number of carbonyl (C=O) groups is 2. The number of nitrogens with zero attached hydrogens (tertiary/aromatic N) is 1. The molecule has 1 N–H and O–H groups in total. The van der Waals surface area contributed by atoms with Gasteiger partial charge in [-0.05, 0) is 54.7 Å². The van der Waals surface area contributed by atoms with E-state index in [2.05, 4.69) is 19.2 Å². The third-order valence-corrected chi connectivity index (χ3v) is 5.17. The molecule has 2 aromatic carbocycles. The van der Waals surface area contributed by atoms with Crippen LogP contribution in [-0.2, 0) is 16.1 Å². The molecule has 2 aromatic rings. The van der Waals surface area contributed by atoms with E-state index >= 15 is 0 Å². The molecule has 0 unspecified atom stereocenters. The number of nitrogens with one attached hydrogen (secondary N) is 1. The fraction of sp³-hybridized carbons (Fsp3) is 0.440. The SMILES string of the molecule is CCCCNC(=O)[C@@H](C)N(Cc1ccc(F)cc1)C(=O)COc1ccc(C(C)C)cc1. The van der Waals surface area contributed by atoms with Crippen LogP contribution in [0.1, 0.15) is 57.6 Å². The zero-order valence-electron chi connectivity index (χ0n) is 18.9. The fourth-order valence-corrected chi connectivity index (χ4v) is 3.08. The summed E-state index contributed by atoms with van der Waals surface area (Å²) < 4.78 is 19.0. The quantitative estimate of drug-likeness (QED) is 0.530. The van der Waals surface area contributed by atoms with Gasteiger partial charge in [-0.25, -0.2) is 4.39 Å². The molecule has 5 nitrogen and oxygen atoms in total. The number of carbonyl (C=O) groups excluding carboxylic acids is 2. The van der Waals surface area contributed by atoms with Crippen LogP contribution in [0.5, 0.6) is 5.75 Å². The summed E-state index contributed by atoms with van der Waals surface area (Å²) in [5.74, 6) is 0.134. The maximum atomic E-state index is 13.3. The first kappa shape index (κ1) is 24.4. The molecule has 0 aliphatic rings. The average Bonchev–Trinajstić information content (AvgIpc) is 2.77. The standard InChI is InChI=1S/C25H33FN2O3/c1-5-6-15-27-25(30)19(4)28(16-20-7-11-22(26)12-8-20)24(29)17-31-23-13-9-21(10-14-23)18(2)3/h7-14,18-19H,5-6,15-17H2,1-4H3,(H,27,30)/t19-/m1/s1. The van der Waals surface area contributed by atoms with Gasteiger partial charge < -0.3 is 15.0 Å². The third kappa shape index (κ3) is 7.70. The summed E-state index contributed by atoms with van der Waals surface area (Å²) >= 11 is 0. The van der Waals surface area contributed by atoms with E-state index in [-0.39, 0.29) is 30.8 Å². The Morgan fingerprint density at radius 3 is 2.26 bits per heavy atom. The van der Waals surface area contributed by atoms with Crippen molar-refractivity contribution in [2.24, 2.45) is 0 Å². The second kappa shape index (κ2) is 12.1. The van der Waals surface area contributed by atoms with Gasteiger partial charge in [-0.1, -0.05) is 51.5 Å². The van der Waals surface area contributed by atoms with Gasteiger partial charge in [-0.15, -0.1) is 0 Å². The largest absolute Gasteiger partial charge is 0.484 e. The lowest BCUT2D eigenvalue weighted by Gasteiger charge is -2.28. The Morgan fingerprint density at radius 1 is 1.03 bits per heavy atom. The molecule has 0 aromatic heterocycles. The van der Waals surface area contributed by atoms with Gasteiger partial charge in [-0.2, -0.15) is 0 Å². The molecule has 0 bridgehead atoms. The van der Waals surface area contributed by atoms with Crippen LogP contribution in [0.15, 0.2) is 48.5 Å². The van der Waals surface area contributed by atoms with Crippen molar-refractivity contribution in [2.75, 3.05) is 13.2 Å². The molecule has 6 heteroatoms. The van der Waals surface area contributed by atoms with Crippen molar-refractivity contribution in [1.29, 1.82) is 0 Å². The van der Waals surface area contributed by atoms with Gasteiger partial charge in [0, 0.05) is 13.1 Å². The smallest absolute Gasteiger partial charge is 0.261 e. The first-order valence-electron chi connectivity index (χ1n) is 10.9. The van der Waals surface area contributed by atoms with Crippen LogP contribution in [-0.4, -0.2) is 35.9 Å². The van der Waals surface area contributed by atoms with E-state index < -0.39 is 6.04 Å². The second-order valence-corrected chi connectivity index (χ2v) is 7.98. The van der Waals surface area contributed by atoms with Gasteiger partial charge >= 0.3 is 0 Å². The fourth-order valence-electron chi connectivity index (χ4n) is 3.08. The van der Waals surface area contributed by atoms with Crippen molar-refractivity contribution in [2.45, 2.75) is 59.0 Å². The Labute approximate surface area is 184 Å². The lowest BCUT2D eigenvalue weighted by atomic mass is 10.0. The zero-order chi connectivity index (χ0) is 22.8. The highest BCUT2D eigenvalue weighted by Crippen LogP contribution is 2.19. The summed E-state index contributed by atoms with van der Waals surface area (Å²) in [7, 11) is 0. The predicted octanol–water partition coefficient (Wildman–Crippen LogP) is 4.66. The van der Waals surface area contributed by atoms with Gasteiger partial charge in [0.15, 0.2) is 6.61 Å². The minimum absolute atomic E-state index is 0.186. The number of halogens is 1. The predicted molar refractivity (Wildman–Crippen MR) is 120 cm³/mol. The summed E-state index contributed by atoms with van der Waals surface area (Å²) in [5, 5.41) is 2.87. The Kier molecular flexibility index (Phi) is 9.50. The summed E-state index contributed by atoms with van der Waals surface area (Å²) in [4.78, 5) is 27.0. The first-order chi connectivity index (χ1) is 14.8. The van der Waals surface area contributed by atoms with Gasteiger partial charge in [-0.3, -0.25) is 9.59 Å². The molecule has 0 heterocycles. The van der Waals surface area contributed by atoms with E-state index in [0.29, 0.717) is 18.2 Å². The monoisotopic (exact) mass is 428 g/mol. The lowest BCUT2D eigenvalue weighted by molar-refractivity contribution is -0.142. The minimum atomic E-state index is -0.679. The Hall–Kier alpha value is -2.89. The van der Waals surface area contributed by atoms with E-state index in [0.717, 1.165) is 18.4 Å². The van der Waals surface area contributed by atoms with Gasteiger partial charge in [0.1, 0.15) is 17.6 Å². The molecule has 168 valence electrons. The molecule has 0 saturated heterocycles. The molecular formula is C25H33FN2O3. The molecular weight excluding hydrogens is 395 g/mol. The highest BCUT2D eigenvalue weighted by atomic mass is 19.1. The molecule has 31 heavy (non-hydrogen) atoms. The van der Waals surface area contributed by atoms with Gasteiger partial charge in [0.05, 0.1) is 0 Å². The molecule has 2 rings (SSSR count). The minimum Gasteiger partial charge on any atom is -0.484 e. The molecule has 1 atom stereocenters. The van der Waals surface area contributed by atoms with Crippen molar-refractivity contribution in [3.05, 3.63) is 65.5 Å². The van der Waals surface area contributed by atoms with E-state index in [1.54, 1.807) is 19.1 Å². The highest BCUT2D eigenvalue weighted by molar-refractivity contribution is 5.87. The zero-order valence-corrected chi connectivity index (χ0v) is 18.9. The van der Waals surface area contributed by atoms with Crippen molar-refractivity contribution < 1.29 is 18.7 Å². The molecule has 0 saturated carbocycles. The maximum Gasteiger partial charge on any atom is 0.261 e.